The Morgan fingerprint density at radius 1 is 1.05 bits per heavy atom. The molecule has 0 aromatic rings. The molecule has 4 fully saturated rings. The van der Waals surface area contributed by atoms with E-state index in [0.717, 1.165) is 17.8 Å². The van der Waals surface area contributed by atoms with E-state index < -0.39 is 0 Å². The molecule has 0 aromatic carbocycles. The predicted octanol–water partition coefficient (Wildman–Crippen LogP) is 5.35. The molecule has 21 heavy (non-hydrogen) atoms. The molecule has 0 bridgehead atoms. The molecule has 0 unspecified atom stereocenters. The molecule has 0 aromatic heterocycles. The van der Waals surface area contributed by atoms with Crippen molar-refractivity contribution in [2.45, 2.75) is 84.3 Å². The number of rotatable bonds is 1. The summed E-state index contributed by atoms with van der Waals surface area (Å²) >= 11 is 0. The molecule has 0 N–H and O–H groups in total. The lowest BCUT2D eigenvalue weighted by atomic mass is 9.50. The second-order valence-electron chi connectivity index (χ2n) is 9.51. The molecule has 1 nitrogen and oxygen atoms in total. The molecule has 3 aliphatic carbocycles. The normalized spacial score (nSPS) is 58.7. The van der Waals surface area contributed by atoms with Crippen LogP contribution in [0.1, 0.15) is 72.6 Å². The van der Waals surface area contributed by atoms with Crippen molar-refractivity contribution in [3.8, 4) is 0 Å². The fraction of sp³-hybridized carbons (Fsp3) is 0.900. The molecule has 118 valence electrons. The van der Waals surface area contributed by atoms with Gasteiger partial charge in [0.05, 0.1) is 11.7 Å². The Hall–Kier alpha value is -0.300. The fourth-order valence-electron chi connectivity index (χ4n) is 6.87. The Morgan fingerprint density at radius 3 is 2.52 bits per heavy atom. The van der Waals surface area contributed by atoms with Crippen LogP contribution in [0.25, 0.3) is 0 Å². The first kappa shape index (κ1) is 14.3. The Morgan fingerprint density at radius 2 is 1.81 bits per heavy atom. The lowest BCUT2D eigenvalue weighted by Gasteiger charge is -2.55. The lowest BCUT2D eigenvalue weighted by Crippen LogP contribution is -2.47. The standard InChI is InChI=1S/C20H32O/c1-13(2)14-6-10-19(4)15(14)7-9-18(3)12-17-20(5,21-17)11-8-16(18)19/h14-17H,1,6-12H2,2-5H3/t14-,15-,16-,17-,18+,19+,20+/m0/s1. The highest BCUT2D eigenvalue weighted by atomic mass is 16.6. The van der Waals surface area contributed by atoms with Gasteiger partial charge in [0.1, 0.15) is 0 Å². The molecule has 1 heteroatoms. The summed E-state index contributed by atoms with van der Waals surface area (Å²) < 4.78 is 6.05. The van der Waals surface area contributed by atoms with Gasteiger partial charge in [-0.3, -0.25) is 0 Å². The molecule has 0 spiro atoms. The minimum absolute atomic E-state index is 0.235. The van der Waals surface area contributed by atoms with E-state index in [-0.39, 0.29) is 5.60 Å². The zero-order chi connectivity index (χ0) is 15.0. The summed E-state index contributed by atoms with van der Waals surface area (Å²) in [6.07, 6.45) is 10.2. The molecule has 0 amide bonds. The first-order chi connectivity index (χ1) is 9.79. The highest BCUT2D eigenvalue weighted by Crippen LogP contribution is 2.68. The van der Waals surface area contributed by atoms with Gasteiger partial charge in [0.2, 0.25) is 0 Å². The van der Waals surface area contributed by atoms with Crippen LogP contribution < -0.4 is 0 Å². The summed E-state index contributed by atoms with van der Waals surface area (Å²) in [4.78, 5) is 0. The van der Waals surface area contributed by atoms with E-state index in [4.69, 9.17) is 4.74 Å². The number of hydrogen-bond donors (Lipinski definition) is 0. The fourth-order valence-corrected chi connectivity index (χ4v) is 6.87. The van der Waals surface area contributed by atoms with Gasteiger partial charge in [-0.1, -0.05) is 26.0 Å². The maximum absolute atomic E-state index is 6.05. The molecule has 4 rings (SSSR count). The number of ether oxygens (including phenoxy) is 1. The third-order valence-corrected chi connectivity index (χ3v) is 8.24. The lowest BCUT2D eigenvalue weighted by molar-refractivity contribution is -0.0604. The smallest absolute Gasteiger partial charge is 0.0920 e. The SMILES string of the molecule is C=C(C)[C@@H]1CC[C@]2(C)[C@H]1CC[C@]1(C)C[C@@H]3O[C@]3(C)CC[C@@H]12. The first-order valence-corrected chi connectivity index (χ1v) is 9.12. The summed E-state index contributed by atoms with van der Waals surface area (Å²) in [5.74, 6) is 2.60. The van der Waals surface area contributed by atoms with Crippen molar-refractivity contribution in [3.05, 3.63) is 12.2 Å². The van der Waals surface area contributed by atoms with Crippen LogP contribution in [-0.2, 0) is 4.74 Å². The van der Waals surface area contributed by atoms with Crippen LogP contribution in [0.2, 0.25) is 0 Å². The predicted molar refractivity (Wildman–Crippen MR) is 87.1 cm³/mol. The van der Waals surface area contributed by atoms with E-state index in [1.165, 1.54) is 50.5 Å². The van der Waals surface area contributed by atoms with Gasteiger partial charge in [-0.05, 0) is 87.4 Å². The number of allylic oxidation sites excluding steroid dienone is 1. The van der Waals surface area contributed by atoms with Gasteiger partial charge in [0, 0.05) is 0 Å². The first-order valence-electron chi connectivity index (χ1n) is 9.12. The van der Waals surface area contributed by atoms with Crippen LogP contribution in [-0.4, -0.2) is 11.7 Å². The van der Waals surface area contributed by atoms with Crippen LogP contribution in [0.4, 0.5) is 0 Å². The van der Waals surface area contributed by atoms with Crippen molar-refractivity contribution < 1.29 is 4.74 Å². The summed E-state index contributed by atoms with van der Waals surface area (Å²) in [6, 6.07) is 0. The third-order valence-electron chi connectivity index (χ3n) is 8.24. The van der Waals surface area contributed by atoms with E-state index in [1.807, 2.05) is 0 Å². The van der Waals surface area contributed by atoms with E-state index in [9.17, 15) is 0 Å². The minimum Gasteiger partial charge on any atom is -0.366 e. The molecule has 7 atom stereocenters. The number of epoxide rings is 1. The van der Waals surface area contributed by atoms with Gasteiger partial charge < -0.3 is 4.74 Å². The van der Waals surface area contributed by atoms with Crippen molar-refractivity contribution in [2.24, 2.45) is 28.6 Å². The second kappa shape index (κ2) is 4.16. The van der Waals surface area contributed by atoms with Crippen molar-refractivity contribution in [1.82, 2.24) is 0 Å². The molecule has 0 radical (unpaired) electrons. The Labute approximate surface area is 130 Å². The van der Waals surface area contributed by atoms with Crippen LogP contribution >= 0.6 is 0 Å². The third kappa shape index (κ3) is 1.85. The molecule has 1 aliphatic heterocycles. The quantitative estimate of drug-likeness (QED) is 0.468. The Bertz CT molecular complexity index is 482. The minimum atomic E-state index is 0.235. The molecular weight excluding hydrogens is 256 g/mol. The highest BCUT2D eigenvalue weighted by Gasteiger charge is 2.64. The Balaban J connectivity index is 1.67. The van der Waals surface area contributed by atoms with Crippen LogP contribution in [0.5, 0.6) is 0 Å². The highest BCUT2D eigenvalue weighted by molar-refractivity contribution is 5.16. The molecule has 3 saturated carbocycles. The summed E-state index contributed by atoms with van der Waals surface area (Å²) in [5.41, 5.74) is 2.76. The maximum Gasteiger partial charge on any atom is 0.0920 e. The average Bonchev–Trinajstić information content (AvgIpc) is 2.88. The summed E-state index contributed by atoms with van der Waals surface area (Å²) in [5, 5.41) is 0. The van der Waals surface area contributed by atoms with Crippen LogP contribution in [0.15, 0.2) is 12.2 Å². The van der Waals surface area contributed by atoms with Crippen molar-refractivity contribution in [2.75, 3.05) is 0 Å². The van der Waals surface area contributed by atoms with E-state index in [2.05, 4.69) is 34.3 Å². The Kier molecular flexibility index (Phi) is 2.83. The van der Waals surface area contributed by atoms with Crippen molar-refractivity contribution in [1.29, 1.82) is 0 Å². The zero-order valence-electron chi connectivity index (χ0n) is 14.4. The van der Waals surface area contributed by atoms with Gasteiger partial charge in [0.15, 0.2) is 0 Å². The van der Waals surface area contributed by atoms with Gasteiger partial charge in [0.25, 0.3) is 0 Å². The second-order valence-corrected chi connectivity index (χ2v) is 9.51. The monoisotopic (exact) mass is 288 g/mol. The van der Waals surface area contributed by atoms with Crippen LogP contribution in [0.3, 0.4) is 0 Å². The molecular formula is C20H32O. The maximum atomic E-state index is 6.05. The van der Waals surface area contributed by atoms with Gasteiger partial charge in [-0.25, -0.2) is 0 Å². The number of hydrogen-bond acceptors (Lipinski definition) is 1. The molecule has 4 aliphatic rings. The van der Waals surface area contributed by atoms with Crippen molar-refractivity contribution >= 4 is 0 Å². The summed E-state index contributed by atoms with van der Waals surface area (Å²) in [6.45, 7) is 14.1. The van der Waals surface area contributed by atoms with Gasteiger partial charge in [-0.2, -0.15) is 0 Å². The number of fused-ring (bicyclic) bond motifs is 4. The molecule has 1 saturated heterocycles. The van der Waals surface area contributed by atoms with Crippen LogP contribution in [0, 0.1) is 28.6 Å². The van der Waals surface area contributed by atoms with Gasteiger partial charge >= 0.3 is 0 Å². The topological polar surface area (TPSA) is 12.5 Å². The zero-order valence-corrected chi connectivity index (χ0v) is 14.4. The van der Waals surface area contributed by atoms with E-state index in [1.54, 1.807) is 0 Å². The van der Waals surface area contributed by atoms with E-state index >= 15 is 0 Å². The molecule has 1 heterocycles. The average molecular weight is 288 g/mol. The van der Waals surface area contributed by atoms with Gasteiger partial charge in [-0.15, -0.1) is 0 Å². The largest absolute Gasteiger partial charge is 0.366 e. The summed E-state index contributed by atoms with van der Waals surface area (Å²) in [7, 11) is 0. The van der Waals surface area contributed by atoms with E-state index in [0.29, 0.717) is 16.9 Å². The van der Waals surface area contributed by atoms with Crippen molar-refractivity contribution in [3.63, 3.8) is 0 Å².